The van der Waals surface area contributed by atoms with Crippen LogP contribution in [0.3, 0.4) is 0 Å². The zero-order valence-corrected chi connectivity index (χ0v) is 9.47. The Hall–Kier alpha value is -2.29. The van der Waals surface area contributed by atoms with Gasteiger partial charge in [0.05, 0.1) is 11.5 Å². The van der Waals surface area contributed by atoms with Gasteiger partial charge < -0.3 is 14.8 Å². The number of aromatic nitrogens is 1. The molecule has 0 amide bonds. The van der Waals surface area contributed by atoms with Crippen LogP contribution in [0.5, 0.6) is 0 Å². The fourth-order valence-corrected chi connectivity index (χ4v) is 1.42. The summed E-state index contributed by atoms with van der Waals surface area (Å²) < 4.78 is 30.7. The highest BCUT2D eigenvalue weighted by molar-refractivity contribution is 5.83. The second-order valence-electron chi connectivity index (χ2n) is 3.77. The maximum absolute atomic E-state index is 12.8. The number of nitrogens with one attached hydrogen (secondary N) is 1. The first-order valence-electron chi connectivity index (χ1n) is 5.19. The fourth-order valence-electron chi connectivity index (χ4n) is 1.42. The van der Waals surface area contributed by atoms with Gasteiger partial charge in [-0.3, -0.25) is 10.1 Å². The average molecular weight is 273 g/mol. The Morgan fingerprint density at radius 1 is 1.53 bits per heavy atom. The van der Waals surface area contributed by atoms with Gasteiger partial charge in [0.1, 0.15) is 6.61 Å². The van der Waals surface area contributed by atoms with Crippen LogP contribution >= 0.6 is 0 Å². The number of rotatable bonds is 5. The largest absolute Gasteiger partial charge is 0.423 e. The third kappa shape index (κ3) is 2.76. The monoisotopic (exact) mass is 273 g/mol. The summed E-state index contributed by atoms with van der Waals surface area (Å²) in [7, 11) is 0. The molecule has 2 N–H and O–H groups in total. The van der Waals surface area contributed by atoms with E-state index in [1.165, 1.54) is 18.2 Å². The topological polar surface area (TPSA) is 101 Å². The Morgan fingerprint density at radius 2 is 2.26 bits per heavy atom. The third-order valence-electron chi connectivity index (χ3n) is 2.32. The number of hydrogen-bond donors (Lipinski definition) is 2. The van der Waals surface area contributed by atoms with Gasteiger partial charge in [0.2, 0.25) is 0 Å². The van der Waals surface area contributed by atoms with Gasteiger partial charge in [-0.1, -0.05) is 6.07 Å². The Morgan fingerprint density at radius 3 is 2.89 bits per heavy atom. The van der Waals surface area contributed by atoms with Crippen LogP contribution in [-0.4, -0.2) is 34.1 Å². The van der Waals surface area contributed by atoms with Crippen LogP contribution in [0.25, 0.3) is 11.1 Å². The average Bonchev–Trinajstić information content (AvgIpc) is 2.79. The summed E-state index contributed by atoms with van der Waals surface area (Å²) in [5.41, 5.74) is -0.186. The normalized spacial score (nSPS) is 11.7. The van der Waals surface area contributed by atoms with Gasteiger partial charge in [-0.15, -0.1) is 0 Å². The van der Waals surface area contributed by atoms with E-state index in [0.717, 1.165) is 0 Å². The molecule has 1 heterocycles. The molecule has 1 aromatic carbocycles. The molecule has 0 aliphatic carbocycles. The number of non-ortho nitro benzene ring substituents is 1. The lowest BCUT2D eigenvalue weighted by molar-refractivity contribution is -0.383. The molecule has 0 spiro atoms. The van der Waals surface area contributed by atoms with E-state index < -0.39 is 24.0 Å². The summed E-state index contributed by atoms with van der Waals surface area (Å²) in [6.45, 7) is -2.20. The van der Waals surface area contributed by atoms with Crippen molar-refractivity contribution in [3.8, 4) is 0 Å². The summed E-state index contributed by atoms with van der Waals surface area (Å²) in [4.78, 5) is 13.8. The first kappa shape index (κ1) is 13.1. The molecule has 0 saturated heterocycles. The van der Waals surface area contributed by atoms with Gasteiger partial charge in [0.15, 0.2) is 11.1 Å². The molecule has 1 aromatic heterocycles. The van der Waals surface area contributed by atoms with Gasteiger partial charge in [-0.05, 0) is 6.07 Å². The smallest absolute Gasteiger partial charge is 0.298 e. The van der Waals surface area contributed by atoms with Crippen molar-refractivity contribution in [1.29, 1.82) is 0 Å². The molecule has 0 radical (unpaired) electrons. The standard InChI is InChI=1S/C10H9F2N3O4/c11-10(12,5-16)4-13-9-14-8-6(15(17)18)2-1-3-7(8)19-9/h1-3,16H,4-5H2,(H,13,14). The number of para-hydroxylation sites is 1. The van der Waals surface area contributed by atoms with E-state index in [4.69, 9.17) is 9.52 Å². The second kappa shape index (κ2) is 4.76. The number of nitro groups is 1. The highest BCUT2D eigenvalue weighted by Crippen LogP contribution is 2.27. The van der Waals surface area contributed by atoms with E-state index in [0.29, 0.717) is 0 Å². The van der Waals surface area contributed by atoms with Gasteiger partial charge in [-0.25, -0.2) is 8.78 Å². The minimum atomic E-state index is -3.33. The van der Waals surface area contributed by atoms with E-state index >= 15 is 0 Å². The molecule has 102 valence electrons. The molecule has 0 fully saturated rings. The molecule has 7 nitrogen and oxygen atoms in total. The Balaban J connectivity index is 2.27. The predicted octanol–water partition coefficient (Wildman–Crippen LogP) is 1.78. The lowest BCUT2D eigenvalue weighted by Gasteiger charge is -2.12. The van der Waals surface area contributed by atoms with Crippen molar-refractivity contribution in [1.82, 2.24) is 4.98 Å². The van der Waals surface area contributed by atoms with Crippen molar-refractivity contribution in [3.05, 3.63) is 28.3 Å². The number of aliphatic hydroxyl groups is 1. The van der Waals surface area contributed by atoms with E-state index in [1.54, 1.807) is 0 Å². The Kier molecular flexibility index (Phi) is 3.30. The summed E-state index contributed by atoms with van der Waals surface area (Å²) in [6, 6.07) is 3.80. The molecule has 2 aromatic rings. The van der Waals surface area contributed by atoms with Crippen LogP contribution < -0.4 is 5.32 Å². The van der Waals surface area contributed by atoms with Crippen LogP contribution in [0.1, 0.15) is 0 Å². The van der Waals surface area contributed by atoms with Crippen molar-refractivity contribution in [3.63, 3.8) is 0 Å². The zero-order valence-electron chi connectivity index (χ0n) is 9.47. The molecule has 0 bridgehead atoms. The number of oxazole rings is 1. The minimum absolute atomic E-state index is 0.0256. The molecule has 0 saturated carbocycles. The molecule has 0 aliphatic rings. The van der Waals surface area contributed by atoms with Crippen LogP contribution in [0.15, 0.2) is 22.6 Å². The molecular weight excluding hydrogens is 264 g/mol. The lowest BCUT2D eigenvalue weighted by Crippen LogP contribution is -2.31. The van der Waals surface area contributed by atoms with Gasteiger partial charge in [0, 0.05) is 6.07 Å². The number of hydrogen-bond acceptors (Lipinski definition) is 6. The number of nitro benzene ring substituents is 1. The molecule has 0 unspecified atom stereocenters. The zero-order chi connectivity index (χ0) is 14.0. The second-order valence-corrected chi connectivity index (χ2v) is 3.77. The highest BCUT2D eigenvalue weighted by atomic mass is 19.3. The van der Waals surface area contributed by atoms with Crippen molar-refractivity contribution in [2.75, 3.05) is 18.5 Å². The highest BCUT2D eigenvalue weighted by Gasteiger charge is 2.28. The van der Waals surface area contributed by atoms with E-state index in [9.17, 15) is 18.9 Å². The number of benzene rings is 1. The summed E-state index contributed by atoms with van der Waals surface area (Å²) in [5.74, 6) is -3.33. The molecule has 0 aliphatic heterocycles. The molecule has 0 atom stereocenters. The SMILES string of the molecule is O=[N+]([O-])c1cccc2oc(NCC(F)(F)CO)nc12. The number of anilines is 1. The van der Waals surface area contributed by atoms with Crippen LogP contribution in [0, 0.1) is 10.1 Å². The molecule has 9 heteroatoms. The summed E-state index contributed by atoms with van der Waals surface area (Å²) >= 11 is 0. The molecular formula is C10H9F2N3O4. The quantitative estimate of drug-likeness (QED) is 0.636. The van der Waals surface area contributed by atoms with E-state index in [2.05, 4.69) is 10.3 Å². The van der Waals surface area contributed by atoms with Crippen molar-refractivity contribution >= 4 is 22.8 Å². The minimum Gasteiger partial charge on any atom is -0.423 e. The first-order valence-corrected chi connectivity index (χ1v) is 5.19. The summed E-state index contributed by atoms with van der Waals surface area (Å²) in [5, 5.41) is 21.3. The number of alkyl halides is 2. The predicted molar refractivity (Wildman–Crippen MR) is 61.2 cm³/mol. The first-order chi connectivity index (χ1) is 8.93. The molecule has 2 rings (SSSR count). The molecule has 19 heavy (non-hydrogen) atoms. The Bertz CT molecular complexity index is 614. The van der Waals surface area contributed by atoms with Gasteiger partial charge in [0.25, 0.3) is 17.6 Å². The lowest BCUT2D eigenvalue weighted by atomic mass is 10.3. The van der Waals surface area contributed by atoms with Crippen molar-refractivity contribution in [2.24, 2.45) is 0 Å². The fraction of sp³-hybridized carbons (Fsp3) is 0.300. The van der Waals surface area contributed by atoms with Crippen LogP contribution in [0.2, 0.25) is 0 Å². The van der Waals surface area contributed by atoms with Gasteiger partial charge >= 0.3 is 0 Å². The van der Waals surface area contributed by atoms with Crippen molar-refractivity contribution < 1.29 is 23.2 Å². The third-order valence-corrected chi connectivity index (χ3v) is 2.32. The number of fused-ring (bicyclic) bond motifs is 1. The number of aliphatic hydroxyl groups excluding tert-OH is 1. The van der Waals surface area contributed by atoms with Crippen LogP contribution in [0.4, 0.5) is 20.5 Å². The summed E-state index contributed by atoms with van der Waals surface area (Å²) in [6.07, 6.45) is 0. The van der Waals surface area contributed by atoms with E-state index in [1.807, 2.05) is 0 Å². The van der Waals surface area contributed by atoms with Gasteiger partial charge in [-0.2, -0.15) is 4.98 Å². The number of halogens is 2. The Labute approximate surface area is 105 Å². The van der Waals surface area contributed by atoms with Crippen molar-refractivity contribution in [2.45, 2.75) is 5.92 Å². The number of nitrogens with zero attached hydrogens (tertiary/aromatic N) is 2. The van der Waals surface area contributed by atoms with E-state index in [-0.39, 0.29) is 22.8 Å². The van der Waals surface area contributed by atoms with Crippen LogP contribution in [-0.2, 0) is 0 Å². The maximum Gasteiger partial charge on any atom is 0.298 e. The maximum atomic E-state index is 12.8.